The molecular weight excluding hydrogens is 254 g/mol. The molecule has 0 saturated carbocycles. The third-order valence-electron chi connectivity index (χ3n) is 2.17. The average Bonchev–Trinajstić information content (AvgIpc) is 2.84. The zero-order valence-electron chi connectivity index (χ0n) is 9.96. The zero-order chi connectivity index (χ0) is 13.4. The summed E-state index contributed by atoms with van der Waals surface area (Å²) < 4.78 is 5.01. The molecule has 1 amide bonds. The summed E-state index contributed by atoms with van der Waals surface area (Å²) >= 11 is 1.54. The second-order valence-electron chi connectivity index (χ2n) is 3.53. The number of furan rings is 1. The van der Waals surface area contributed by atoms with E-state index in [0.29, 0.717) is 17.9 Å². The number of carboxylic acid groups (broad SMARTS) is 1. The van der Waals surface area contributed by atoms with Crippen LogP contribution in [0.3, 0.4) is 0 Å². The highest BCUT2D eigenvalue weighted by Gasteiger charge is 2.17. The maximum atomic E-state index is 11.5. The van der Waals surface area contributed by atoms with E-state index >= 15 is 0 Å². The van der Waals surface area contributed by atoms with E-state index in [0.717, 1.165) is 0 Å². The molecule has 0 radical (unpaired) electrons. The van der Waals surface area contributed by atoms with Crippen LogP contribution in [0.4, 0.5) is 0 Å². The van der Waals surface area contributed by atoms with E-state index in [1.165, 1.54) is 30.2 Å². The molecule has 0 aromatic carbocycles. The molecule has 1 aromatic rings. The van der Waals surface area contributed by atoms with Crippen molar-refractivity contribution < 1.29 is 19.1 Å². The van der Waals surface area contributed by atoms with E-state index in [1.54, 1.807) is 12.1 Å². The molecule has 2 N–H and O–H groups in total. The molecule has 0 fully saturated rings. The Balaban J connectivity index is 2.48. The first-order valence-corrected chi connectivity index (χ1v) is 6.76. The summed E-state index contributed by atoms with van der Waals surface area (Å²) in [7, 11) is 0. The molecule has 1 atom stereocenters. The number of amides is 1. The number of aliphatic carboxylic acids is 1. The minimum Gasteiger partial charge on any atom is -0.480 e. The van der Waals surface area contributed by atoms with Crippen LogP contribution in [0.1, 0.15) is 12.2 Å². The van der Waals surface area contributed by atoms with Crippen LogP contribution in [0.15, 0.2) is 28.9 Å². The van der Waals surface area contributed by atoms with Gasteiger partial charge in [0.05, 0.1) is 6.26 Å². The number of thioether (sulfide) groups is 1. The number of carbonyl (C=O) groups excluding carboxylic acids is 1. The van der Waals surface area contributed by atoms with Crippen molar-refractivity contribution in [3.8, 4) is 0 Å². The SMILES string of the molecule is CSCC[C@H](NC(=O)C=Cc1ccco1)C(=O)O. The summed E-state index contributed by atoms with van der Waals surface area (Å²) in [5, 5.41) is 11.4. The summed E-state index contributed by atoms with van der Waals surface area (Å²) in [6.45, 7) is 0. The number of hydrogen-bond acceptors (Lipinski definition) is 4. The second-order valence-corrected chi connectivity index (χ2v) is 4.52. The van der Waals surface area contributed by atoms with Crippen LogP contribution in [0.2, 0.25) is 0 Å². The normalized spacial score (nSPS) is 12.5. The van der Waals surface area contributed by atoms with Crippen LogP contribution in [0.25, 0.3) is 6.08 Å². The number of rotatable bonds is 7. The number of hydrogen-bond donors (Lipinski definition) is 2. The largest absolute Gasteiger partial charge is 0.480 e. The highest BCUT2D eigenvalue weighted by atomic mass is 32.2. The summed E-state index contributed by atoms with van der Waals surface area (Å²) in [5.41, 5.74) is 0. The molecule has 1 aromatic heterocycles. The van der Waals surface area contributed by atoms with Gasteiger partial charge in [0.15, 0.2) is 0 Å². The molecule has 0 aliphatic rings. The van der Waals surface area contributed by atoms with Gasteiger partial charge in [0.2, 0.25) is 5.91 Å². The molecule has 0 bridgehead atoms. The Morgan fingerprint density at radius 3 is 2.94 bits per heavy atom. The molecule has 5 nitrogen and oxygen atoms in total. The molecule has 0 aliphatic carbocycles. The van der Waals surface area contributed by atoms with E-state index in [-0.39, 0.29) is 0 Å². The molecule has 18 heavy (non-hydrogen) atoms. The minimum absolute atomic E-state index is 0.400. The third kappa shape index (κ3) is 5.09. The summed E-state index contributed by atoms with van der Waals surface area (Å²) in [5.74, 6) is -0.246. The Morgan fingerprint density at radius 2 is 2.39 bits per heavy atom. The summed E-state index contributed by atoms with van der Waals surface area (Å²) in [4.78, 5) is 22.4. The van der Waals surface area contributed by atoms with E-state index < -0.39 is 17.9 Å². The molecule has 0 saturated heterocycles. The van der Waals surface area contributed by atoms with Crippen LogP contribution in [0.5, 0.6) is 0 Å². The van der Waals surface area contributed by atoms with Gasteiger partial charge >= 0.3 is 5.97 Å². The van der Waals surface area contributed by atoms with Gasteiger partial charge in [0.1, 0.15) is 11.8 Å². The third-order valence-corrected chi connectivity index (χ3v) is 2.81. The minimum atomic E-state index is -1.02. The topological polar surface area (TPSA) is 79.5 Å². The van der Waals surface area contributed by atoms with E-state index in [2.05, 4.69) is 5.32 Å². The molecule has 98 valence electrons. The van der Waals surface area contributed by atoms with Crippen LogP contribution < -0.4 is 5.32 Å². The summed E-state index contributed by atoms with van der Waals surface area (Å²) in [6, 6.07) is 2.55. The number of carbonyl (C=O) groups is 2. The smallest absolute Gasteiger partial charge is 0.326 e. The Bertz CT molecular complexity index is 414. The van der Waals surface area contributed by atoms with Crippen LogP contribution in [-0.4, -0.2) is 35.0 Å². The lowest BCUT2D eigenvalue weighted by Gasteiger charge is -2.12. The first-order chi connectivity index (χ1) is 8.63. The highest BCUT2D eigenvalue weighted by molar-refractivity contribution is 7.98. The molecule has 0 unspecified atom stereocenters. The molecule has 1 rings (SSSR count). The Hall–Kier alpha value is -1.69. The van der Waals surface area contributed by atoms with Crippen molar-refractivity contribution in [3.05, 3.63) is 30.2 Å². The Labute approximate surface area is 109 Å². The predicted molar refractivity (Wildman–Crippen MR) is 70.3 cm³/mol. The van der Waals surface area contributed by atoms with Crippen molar-refractivity contribution in [2.45, 2.75) is 12.5 Å². The Kier molecular flexibility index (Phi) is 6.07. The maximum Gasteiger partial charge on any atom is 0.326 e. The first kappa shape index (κ1) is 14.4. The fourth-order valence-electron chi connectivity index (χ4n) is 1.26. The lowest BCUT2D eigenvalue weighted by molar-refractivity contribution is -0.141. The quantitative estimate of drug-likeness (QED) is 0.735. The highest BCUT2D eigenvalue weighted by Crippen LogP contribution is 2.03. The average molecular weight is 269 g/mol. The van der Waals surface area contributed by atoms with Crippen LogP contribution in [-0.2, 0) is 9.59 Å². The van der Waals surface area contributed by atoms with Crippen molar-refractivity contribution in [1.82, 2.24) is 5.32 Å². The number of nitrogens with one attached hydrogen (secondary N) is 1. The fraction of sp³-hybridized carbons (Fsp3) is 0.333. The van der Waals surface area contributed by atoms with Gasteiger partial charge in [-0.1, -0.05) is 0 Å². The monoisotopic (exact) mass is 269 g/mol. The molecule has 1 heterocycles. The molecule has 0 spiro atoms. The van der Waals surface area contributed by atoms with Crippen molar-refractivity contribution in [1.29, 1.82) is 0 Å². The summed E-state index contributed by atoms with van der Waals surface area (Å²) in [6.07, 6.45) is 6.53. The maximum absolute atomic E-state index is 11.5. The van der Waals surface area contributed by atoms with Gasteiger partial charge in [0.25, 0.3) is 0 Å². The van der Waals surface area contributed by atoms with E-state index in [4.69, 9.17) is 9.52 Å². The lowest BCUT2D eigenvalue weighted by atomic mass is 10.2. The van der Waals surface area contributed by atoms with Gasteiger partial charge in [-0.15, -0.1) is 0 Å². The van der Waals surface area contributed by atoms with E-state index in [9.17, 15) is 9.59 Å². The van der Waals surface area contributed by atoms with Gasteiger partial charge in [-0.25, -0.2) is 4.79 Å². The number of carboxylic acids is 1. The molecule has 6 heteroatoms. The van der Waals surface area contributed by atoms with Gasteiger partial charge in [-0.2, -0.15) is 11.8 Å². The van der Waals surface area contributed by atoms with Crippen molar-refractivity contribution in [2.24, 2.45) is 0 Å². The van der Waals surface area contributed by atoms with Gasteiger partial charge in [0, 0.05) is 6.08 Å². The van der Waals surface area contributed by atoms with Gasteiger partial charge in [-0.05, 0) is 36.6 Å². The van der Waals surface area contributed by atoms with E-state index in [1.807, 2.05) is 6.26 Å². The predicted octanol–water partition coefficient (Wildman–Crippen LogP) is 1.62. The van der Waals surface area contributed by atoms with Crippen molar-refractivity contribution in [3.63, 3.8) is 0 Å². The second kappa shape index (κ2) is 7.60. The Morgan fingerprint density at radius 1 is 1.61 bits per heavy atom. The fourth-order valence-corrected chi connectivity index (χ4v) is 1.73. The molecule has 0 aliphatic heterocycles. The van der Waals surface area contributed by atoms with Crippen LogP contribution in [0, 0.1) is 0 Å². The van der Waals surface area contributed by atoms with Crippen LogP contribution >= 0.6 is 11.8 Å². The van der Waals surface area contributed by atoms with Gasteiger partial charge < -0.3 is 14.8 Å². The van der Waals surface area contributed by atoms with Crippen molar-refractivity contribution in [2.75, 3.05) is 12.0 Å². The first-order valence-electron chi connectivity index (χ1n) is 5.37. The molecular formula is C12H15NO4S. The van der Waals surface area contributed by atoms with Gasteiger partial charge in [-0.3, -0.25) is 4.79 Å². The lowest BCUT2D eigenvalue weighted by Crippen LogP contribution is -2.40. The standard InChI is InChI=1S/C12H15NO4S/c1-18-8-6-10(12(15)16)13-11(14)5-4-9-3-2-7-17-9/h2-5,7,10H,6,8H2,1H3,(H,13,14)(H,15,16)/t10-/m0/s1. The zero-order valence-corrected chi connectivity index (χ0v) is 10.8. The van der Waals surface area contributed by atoms with Crippen molar-refractivity contribution >= 4 is 29.7 Å².